The molecule has 1 amide bonds. The minimum Gasteiger partial charge on any atom is -0.342 e. The highest BCUT2D eigenvalue weighted by molar-refractivity contribution is 7.71. The summed E-state index contributed by atoms with van der Waals surface area (Å²) in [6.07, 6.45) is 2.44. The number of allylic oxidation sites excluding steroid dienone is 1. The van der Waals surface area contributed by atoms with E-state index in [9.17, 15) is 4.79 Å². The SMILES string of the molecule is C=CCn1c([C@H](CC(C)C)NC(=O)c2ccc(Cl)cc2Cl)n[nH]c1=S. The molecule has 0 unspecified atom stereocenters. The van der Waals surface area contributed by atoms with Crippen molar-refractivity contribution in [2.45, 2.75) is 32.9 Å². The molecule has 0 fully saturated rings. The summed E-state index contributed by atoms with van der Waals surface area (Å²) in [7, 11) is 0. The number of benzene rings is 1. The highest BCUT2D eigenvalue weighted by Gasteiger charge is 2.23. The Balaban J connectivity index is 2.33. The maximum absolute atomic E-state index is 12.7. The first-order valence-electron chi connectivity index (χ1n) is 7.85. The zero-order valence-electron chi connectivity index (χ0n) is 14.1. The van der Waals surface area contributed by atoms with Crippen LogP contribution in [0.25, 0.3) is 0 Å². The van der Waals surface area contributed by atoms with Crippen LogP contribution in [0.3, 0.4) is 0 Å². The molecular formula is C17H20Cl2N4OS. The second-order valence-corrected chi connectivity index (χ2v) is 7.30. The Labute approximate surface area is 162 Å². The van der Waals surface area contributed by atoms with Gasteiger partial charge in [-0.05, 0) is 42.8 Å². The molecule has 0 bridgehead atoms. The number of hydrogen-bond acceptors (Lipinski definition) is 3. The van der Waals surface area contributed by atoms with Gasteiger partial charge in [-0.3, -0.25) is 14.5 Å². The van der Waals surface area contributed by atoms with Crippen molar-refractivity contribution in [2.75, 3.05) is 0 Å². The smallest absolute Gasteiger partial charge is 0.253 e. The minimum atomic E-state index is -0.313. The zero-order chi connectivity index (χ0) is 18.6. The van der Waals surface area contributed by atoms with Gasteiger partial charge < -0.3 is 5.32 Å². The van der Waals surface area contributed by atoms with Crippen LogP contribution in [0.4, 0.5) is 0 Å². The summed E-state index contributed by atoms with van der Waals surface area (Å²) in [5, 5.41) is 10.9. The third-order valence-electron chi connectivity index (χ3n) is 3.60. The van der Waals surface area contributed by atoms with Crippen LogP contribution >= 0.6 is 35.4 Å². The Bertz CT molecular complexity index is 828. The molecule has 1 atom stereocenters. The van der Waals surface area contributed by atoms with E-state index in [0.29, 0.717) is 45.1 Å². The number of aromatic amines is 1. The number of H-pyrrole nitrogens is 1. The maximum atomic E-state index is 12.7. The van der Waals surface area contributed by atoms with Crippen LogP contribution in [0, 0.1) is 10.7 Å². The normalized spacial score (nSPS) is 12.2. The van der Waals surface area contributed by atoms with Gasteiger partial charge in [-0.2, -0.15) is 5.10 Å². The van der Waals surface area contributed by atoms with E-state index in [0.717, 1.165) is 0 Å². The topological polar surface area (TPSA) is 62.7 Å². The molecule has 1 aromatic carbocycles. The highest BCUT2D eigenvalue weighted by atomic mass is 35.5. The molecule has 0 aliphatic carbocycles. The average molecular weight is 399 g/mol. The number of rotatable bonds is 7. The second kappa shape index (κ2) is 8.65. The van der Waals surface area contributed by atoms with E-state index in [1.807, 2.05) is 4.57 Å². The number of hydrogen-bond donors (Lipinski definition) is 2. The van der Waals surface area contributed by atoms with Gasteiger partial charge in [0.25, 0.3) is 5.91 Å². The monoisotopic (exact) mass is 398 g/mol. The maximum Gasteiger partial charge on any atom is 0.253 e. The summed E-state index contributed by atoms with van der Waals surface area (Å²) < 4.78 is 2.31. The Morgan fingerprint density at radius 3 is 2.80 bits per heavy atom. The standard InChI is InChI=1S/C17H20Cl2N4OS/c1-4-7-23-15(21-22-17(23)25)14(8-10(2)3)20-16(24)12-6-5-11(18)9-13(12)19/h4-6,9-10,14H,1,7-8H2,2-3H3,(H,20,24)(H,22,25)/t14-/m0/s1. The van der Waals surface area contributed by atoms with Crippen molar-refractivity contribution in [3.8, 4) is 0 Å². The van der Waals surface area contributed by atoms with Gasteiger partial charge in [-0.25, -0.2) is 0 Å². The van der Waals surface area contributed by atoms with Crippen molar-refractivity contribution in [3.05, 3.63) is 57.1 Å². The van der Waals surface area contributed by atoms with Gasteiger partial charge in [-0.1, -0.05) is 43.1 Å². The van der Waals surface area contributed by atoms with Crippen molar-refractivity contribution in [3.63, 3.8) is 0 Å². The van der Waals surface area contributed by atoms with E-state index in [1.165, 1.54) is 0 Å². The van der Waals surface area contributed by atoms with Gasteiger partial charge in [-0.15, -0.1) is 6.58 Å². The fraction of sp³-hybridized carbons (Fsp3) is 0.353. The molecule has 0 aliphatic rings. The molecule has 0 aliphatic heterocycles. The van der Waals surface area contributed by atoms with Crippen molar-refractivity contribution < 1.29 is 4.79 Å². The summed E-state index contributed by atoms with van der Waals surface area (Å²) in [4.78, 5) is 12.7. The first-order chi connectivity index (χ1) is 11.8. The molecule has 0 saturated heterocycles. The number of carbonyl (C=O) groups excluding carboxylic acids is 1. The van der Waals surface area contributed by atoms with Gasteiger partial charge in [0.05, 0.1) is 16.6 Å². The fourth-order valence-corrected chi connectivity index (χ4v) is 3.22. The molecular weight excluding hydrogens is 379 g/mol. The molecule has 0 radical (unpaired) electrons. The molecule has 25 heavy (non-hydrogen) atoms. The lowest BCUT2D eigenvalue weighted by molar-refractivity contribution is 0.0929. The van der Waals surface area contributed by atoms with Crippen LogP contribution in [0.5, 0.6) is 0 Å². The Morgan fingerprint density at radius 2 is 2.20 bits per heavy atom. The van der Waals surface area contributed by atoms with Crippen molar-refractivity contribution in [1.82, 2.24) is 20.1 Å². The van der Waals surface area contributed by atoms with Gasteiger partial charge in [0.2, 0.25) is 0 Å². The summed E-state index contributed by atoms with van der Waals surface area (Å²) in [6, 6.07) is 4.47. The van der Waals surface area contributed by atoms with E-state index in [4.69, 9.17) is 35.4 Å². The number of aromatic nitrogens is 3. The molecule has 0 spiro atoms. The van der Waals surface area contributed by atoms with Crippen LogP contribution in [-0.2, 0) is 6.54 Å². The number of halogens is 2. The number of nitrogens with zero attached hydrogens (tertiary/aromatic N) is 2. The third kappa shape index (κ3) is 4.93. The van der Waals surface area contributed by atoms with E-state index in [-0.39, 0.29) is 11.9 Å². The molecule has 5 nitrogen and oxygen atoms in total. The molecule has 2 N–H and O–H groups in total. The van der Waals surface area contributed by atoms with E-state index in [1.54, 1.807) is 24.3 Å². The van der Waals surface area contributed by atoms with E-state index in [2.05, 4.69) is 35.9 Å². The van der Waals surface area contributed by atoms with Crippen LogP contribution in [0.2, 0.25) is 10.0 Å². The predicted molar refractivity (Wildman–Crippen MR) is 104 cm³/mol. The lowest BCUT2D eigenvalue weighted by Crippen LogP contribution is -2.31. The Morgan fingerprint density at radius 1 is 1.48 bits per heavy atom. The Hall–Kier alpha value is -1.63. The molecule has 0 saturated carbocycles. The first-order valence-corrected chi connectivity index (χ1v) is 9.01. The quantitative estimate of drug-likeness (QED) is 0.512. The van der Waals surface area contributed by atoms with Gasteiger partial charge in [0, 0.05) is 11.6 Å². The van der Waals surface area contributed by atoms with E-state index < -0.39 is 0 Å². The largest absolute Gasteiger partial charge is 0.342 e. The molecule has 8 heteroatoms. The van der Waals surface area contributed by atoms with Gasteiger partial charge >= 0.3 is 0 Å². The molecule has 2 rings (SSSR count). The van der Waals surface area contributed by atoms with E-state index >= 15 is 0 Å². The summed E-state index contributed by atoms with van der Waals surface area (Å²) in [5.41, 5.74) is 0.365. The Kier molecular flexibility index (Phi) is 6.81. The van der Waals surface area contributed by atoms with Crippen LogP contribution < -0.4 is 5.32 Å². The summed E-state index contributed by atoms with van der Waals surface area (Å²) >= 11 is 17.3. The fourth-order valence-electron chi connectivity index (χ4n) is 2.51. The third-order valence-corrected chi connectivity index (χ3v) is 4.46. The number of carbonyl (C=O) groups is 1. The highest BCUT2D eigenvalue weighted by Crippen LogP contribution is 2.24. The second-order valence-electron chi connectivity index (χ2n) is 6.07. The predicted octanol–water partition coefficient (Wildman–Crippen LogP) is 4.95. The minimum absolute atomic E-state index is 0.286. The lowest BCUT2D eigenvalue weighted by Gasteiger charge is -2.21. The van der Waals surface area contributed by atoms with Crippen molar-refractivity contribution >= 4 is 41.3 Å². The van der Waals surface area contributed by atoms with Crippen LogP contribution in [-0.4, -0.2) is 20.7 Å². The van der Waals surface area contributed by atoms with Gasteiger partial charge in [0.1, 0.15) is 0 Å². The summed E-state index contributed by atoms with van der Waals surface area (Å²) in [6.45, 7) is 8.40. The van der Waals surface area contributed by atoms with Crippen LogP contribution in [0.1, 0.15) is 42.5 Å². The molecule has 1 heterocycles. The lowest BCUT2D eigenvalue weighted by atomic mass is 10.0. The number of nitrogens with one attached hydrogen (secondary N) is 2. The van der Waals surface area contributed by atoms with Crippen LogP contribution in [0.15, 0.2) is 30.9 Å². The molecule has 2 aromatic rings. The summed E-state index contributed by atoms with van der Waals surface area (Å²) in [5.74, 6) is 0.719. The van der Waals surface area contributed by atoms with Gasteiger partial charge in [0.15, 0.2) is 10.6 Å². The molecule has 134 valence electrons. The first kappa shape index (κ1) is 19.7. The van der Waals surface area contributed by atoms with Crippen molar-refractivity contribution in [1.29, 1.82) is 0 Å². The average Bonchev–Trinajstić information content (AvgIpc) is 2.87. The number of amides is 1. The molecule has 1 aromatic heterocycles. The zero-order valence-corrected chi connectivity index (χ0v) is 16.4. The van der Waals surface area contributed by atoms with Crippen molar-refractivity contribution in [2.24, 2.45) is 5.92 Å².